The fourth-order valence-electron chi connectivity index (χ4n) is 5.11. The standard InChI is InChI=1S/C21H25.C10H9S.C6H10.2ClH.Zr/c1-20(2,3)16-7-9-18-14(12-16)11-15-13-17(21(4,5)6)8-10-19(15)18;1-8-2-3-9(6-8)10-4-5-11-7-10;1-2-4-6-5-3-1;;;/h7-13H,1-6H3;2-5,7-8H,1H3;1-5H2;2*1H;/q2*-1;;;;+2/p-2. The minimum atomic E-state index is 0. The SMILES string of the molecule is CC(C)(C)c1ccc2c(c1)[cH-]c1cc(C(C)(C)C)ccc12.CC1[C-]=C(c2ccsc2)C=C1.[Cl-].[Cl-].[Zr+2]=[C]1CCCCC1. The third-order valence-electron chi connectivity index (χ3n) is 7.66. The van der Waals surface area contributed by atoms with Crippen LogP contribution in [0.25, 0.3) is 27.1 Å². The van der Waals surface area contributed by atoms with E-state index in [4.69, 9.17) is 0 Å². The maximum atomic E-state index is 3.37. The Balaban J connectivity index is 0.000000246. The molecule has 1 aromatic heterocycles. The van der Waals surface area contributed by atoms with Gasteiger partial charge in [0, 0.05) is 0 Å². The Morgan fingerprint density at radius 2 is 1.34 bits per heavy atom. The molecule has 4 heteroatoms. The summed E-state index contributed by atoms with van der Waals surface area (Å²) < 4.78 is 1.80. The summed E-state index contributed by atoms with van der Waals surface area (Å²) in [7, 11) is 0. The zero-order valence-electron chi connectivity index (χ0n) is 25.7. The van der Waals surface area contributed by atoms with Crippen LogP contribution in [0.1, 0.15) is 97.3 Å². The second kappa shape index (κ2) is 15.5. The van der Waals surface area contributed by atoms with Crippen LogP contribution in [0.4, 0.5) is 0 Å². The third-order valence-corrected chi connectivity index (χ3v) is 9.57. The number of allylic oxidation sites excluding steroid dienone is 4. The predicted molar refractivity (Wildman–Crippen MR) is 172 cm³/mol. The molecule has 0 aliphatic heterocycles. The molecule has 0 N–H and O–H groups in total. The fourth-order valence-corrected chi connectivity index (χ4v) is 6.64. The van der Waals surface area contributed by atoms with Crippen molar-refractivity contribution in [3.05, 3.63) is 94.2 Å². The van der Waals surface area contributed by atoms with Gasteiger partial charge in [-0.25, -0.2) is 0 Å². The molecule has 0 saturated heterocycles. The van der Waals surface area contributed by atoms with Crippen LogP contribution in [-0.2, 0) is 35.1 Å². The van der Waals surface area contributed by atoms with E-state index in [0.29, 0.717) is 5.92 Å². The number of hydrogen-bond donors (Lipinski definition) is 0. The molecule has 1 fully saturated rings. The molecule has 6 rings (SSSR count). The second-order valence-corrected chi connectivity index (χ2v) is 15.6. The number of hydrogen-bond acceptors (Lipinski definition) is 1. The van der Waals surface area contributed by atoms with E-state index in [1.165, 1.54) is 75.9 Å². The van der Waals surface area contributed by atoms with Crippen molar-refractivity contribution in [1.29, 1.82) is 0 Å². The van der Waals surface area contributed by atoms with Gasteiger partial charge >= 0.3 is 59.5 Å². The van der Waals surface area contributed by atoms with Crippen molar-refractivity contribution in [2.45, 2.75) is 91.4 Å². The number of fused-ring (bicyclic) bond motifs is 3. The molecule has 1 saturated carbocycles. The molecule has 1 unspecified atom stereocenters. The number of thiophene rings is 1. The molecule has 0 amide bonds. The van der Waals surface area contributed by atoms with Gasteiger partial charge in [-0.3, -0.25) is 0 Å². The Labute approximate surface area is 280 Å². The topological polar surface area (TPSA) is 0 Å². The first-order valence-electron chi connectivity index (χ1n) is 14.5. The van der Waals surface area contributed by atoms with Crippen molar-refractivity contribution in [2.75, 3.05) is 0 Å². The molecule has 41 heavy (non-hydrogen) atoms. The van der Waals surface area contributed by atoms with Gasteiger partial charge in [0.1, 0.15) is 0 Å². The number of rotatable bonds is 1. The second-order valence-electron chi connectivity index (χ2n) is 13.1. The molecule has 0 spiro atoms. The van der Waals surface area contributed by atoms with E-state index in [9.17, 15) is 0 Å². The van der Waals surface area contributed by atoms with Crippen molar-refractivity contribution in [3.8, 4) is 0 Å². The quantitative estimate of drug-likeness (QED) is 0.245. The summed E-state index contributed by atoms with van der Waals surface area (Å²) in [6.07, 6.45) is 15.0. The van der Waals surface area contributed by atoms with E-state index in [1.54, 1.807) is 38.8 Å². The first-order valence-corrected chi connectivity index (χ1v) is 16.6. The first kappa shape index (κ1) is 36.0. The van der Waals surface area contributed by atoms with Gasteiger partial charge in [0.2, 0.25) is 0 Å². The van der Waals surface area contributed by atoms with E-state index < -0.39 is 0 Å². The van der Waals surface area contributed by atoms with E-state index >= 15 is 0 Å². The summed E-state index contributed by atoms with van der Waals surface area (Å²) >= 11 is 3.42. The Bertz CT molecular complexity index is 1400. The van der Waals surface area contributed by atoms with Gasteiger partial charge < -0.3 is 24.8 Å². The summed E-state index contributed by atoms with van der Waals surface area (Å²) in [6.45, 7) is 15.8. The Kier molecular flexibility index (Phi) is 13.6. The maximum absolute atomic E-state index is 3.37. The van der Waals surface area contributed by atoms with Gasteiger partial charge in [-0.2, -0.15) is 29.1 Å². The summed E-state index contributed by atoms with van der Waals surface area (Å²) in [4.78, 5) is 0. The molecule has 0 nitrogen and oxygen atoms in total. The van der Waals surface area contributed by atoms with Crippen molar-refractivity contribution in [2.24, 2.45) is 5.92 Å². The summed E-state index contributed by atoms with van der Waals surface area (Å²) in [6, 6.07) is 18.3. The van der Waals surface area contributed by atoms with E-state index in [2.05, 4.69) is 126 Å². The zero-order chi connectivity index (χ0) is 28.2. The van der Waals surface area contributed by atoms with Crippen LogP contribution < -0.4 is 24.8 Å². The van der Waals surface area contributed by atoms with E-state index in [-0.39, 0.29) is 35.6 Å². The molecule has 0 radical (unpaired) electrons. The van der Waals surface area contributed by atoms with Crippen molar-refractivity contribution >= 4 is 41.7 Å². The Hall–Kier alpha value is -1.18. The van der Waals surface area contributed by atoms with Crippen molar-refractivity contribution in [3.63, 3.8) is 0 Å². The van der Waals surface area contributed by atoms with Gasteiger partial charge in [-0.05, 0) is 16.2 Å². The van der Waals surface area contributed by atoms with Crippen molar-refractivity contribution < 1.29 is 49.0 Å². The summed E-state index contributed by atoms with van der Waals surface area (Å²) in [5.74, 6) is 0.491. The van der Waals surface area contributed by atoms with Crippen LogP contribution in [0.2, 0.25) is 0 Å². The fraction of sp³-hybridized carbons (Fsp3) is 0.405. The minimum absolute atomic E-state index is 0. The van der Waals surface area contributed by atoms with Gasteiger partial charge in [0.05, 0.1) is 0 Å². The monoisotopic (exact) mass is 680 g/mol. The molecular formula is C37H44Cl2SZr-2. The Morgan fingerprint density at radius 1 is 0.805 bits per heavy atom. The average Bonchev–Trinajstić information content (AvgIpc) is 3.63. The average molecular weight is 683 g/mol. The normalized spacial score (nSPS) is 16.7. The van der Waals surface area contributed by atoms with E-state index in [1.807, 2.05) is 0 Å². The van der Waals surface area contributed by atoms with Gasteiger partial charge in [0.25, 0.3) is 0 Å². The van der Waals surface area contributed by atoms with Crippen molar-refractivity contribution in [1.82, 2.24) is 0 Å². The molecule has 218 valence electrons. The summed E-state index contributed by atoms with van der Waals surface area (Å²) in [5.41, 5.74) is 5.76. The zero-order valence-corrected chi connectivity index (χ0v) is 30.5. The number of benzene rings is 2. The molecule has 3 aromatic carbocycles. The van der Waals surface area contributed by atoms with Crippen LogP contribution in [0.15, 0.2) is 71.4 Å². The van der Waals surface area contributed by atoms with Gasteiger partial charge in [-0.15, -0.1) is 51.4 Å². The van der Waals surface area contributed by atoms with Crippen LogP contribution in [0.3, 0.4) is 0 Å². The third kappa shape index (κ3) is 9.93. The van der Waals surface area contributed by atoms with Crippen LogP contribution >= 0.6 is 11.3 Å². The molecule has 2 aliphatic rings. The van der Waals surface area contributed by atoms with Crippen LogP contribution in [0, 0.1) is 12.0 Å². The molecule has 2 aliphatic carbocycles. The first-order chi connectivity index (χ1) is 18.4. The summed E-state index contributed by atoms with van der Waals surface area (Å²) in [5, 5.41) is 9.73. The molecule has 1 heterocycles. The van der Waals surface area contributed by atoms with E-state index in [0.717, 1.165) is 0 Å². The van der Waals surface area contributed by atoms with Gasteiger partial charge in [0.15, 0.2) is 0 Å². The van der Waals surface area contributed by atoms with Gasteiger partial charge in [-0.1, -0.05) is 101 Å². The molecule has 4 aromatic rings. The predicted octanol–water partition coefficient (Wildman–Crippen LogP) is 5.13. The Morgan fingerprint density at radius 3 is 1.71 bits per heavy atom. The number of halogens is 2. The molecule has 1 atom stereocenters. The molecular weight excluding hydrogens is 639 g/mol. The van der Waals surface area contributed by atoms with Crippen LogP contribution in [-0.4, -0.2) is 3.21 Å². The molecule has 0 bridgehead atoms. The van der Waals surface area contributed by atoms with Crippen LogP contribution in [0.5, 0.6) is 0 Å².